The lowest BCUT2D eigenvalue weighted by Gasteiger charge is -2.41. The Kier molecular flexibility index (Phi) is 5.39. The monoisotopic (exact) mass is 484 g/mol. The summed E-state index contributed by atoms with van der Waals surface area (Å²) in [5, 5.41) is 14.6. The van der Waals surface area contributed by atoms with Crippen molar-refractivity contribution in [2.75, 3.05) is 23.3 Å². The minimum Gasteiger partial charge on any atom is -0.337 e. The summed E-state index contributed by atoms with van der Waals surface area (Å²) in [5.74, 6) is 2.13. The number of hydrogen-bond acceptors (Lipinski definition) is 8. The van der Waals surface area contributed by atoms with Crippen molar-refractivity contribution in [2.24, 2.45) is 7.05 Å². The first-order valence-corrected chi connectivity index (χ1v) is 12.1. The van der Waals surface area contributed by atoms with Crippen LogP contribution in [0.1, 0.15) is 34.6 Å². The van der Waals surface area contributed by atoms with Gasteiger partial charge in [0.15, 0.2) is 5.82 Å². The summed E-state index contributed by atoms with van der Waals surface area (Å²) in [4.78, 5) is 31.7. The van der Waals surface area contributed by atoms with Gasteiger partial charge in [-0.15, -0.1) is 0 Å². The number of pyridine rings is 1. The average Bonchev–Trinajstić information content (AvgIpc) is 3.55. The molecule has 0 spiro atoms. The predicted octanol–water partition coefficient (Wildman–Crippen LogP) is 2.85. The van der Waals surface area contributed by atoms with Crippen LogP contribution in [0.25, 0.3) is 11.3 Å². The zero-order valence-electron chi connectivity index (χ0n) is 20.5. The lowest BCUT2D eigenvalue weighted by molar-refractivity contribution is 0.0640. The summed E-state index contributed by atoms with van der Waals surface area (Å²) in [5.41, 5.74) is 4.20. The molecule has 1 amide bonds. The topological polar surface area (TPSA) is 121 Å². The lowest BCUT2D eigenvalue weighted by atomic mass is 10.1. The Morgan fingerprint density at radius 2 is 1.86 bits per heavy atom. The maximum atomic E-state index is 13.5. The first-order valence-electron chi connectivity index (χ1n) is 12.1. The fourth-order valence-electron chi connectivity index (χ4n) is 5.16. The Bertz CT molecular complexity index is 1390. The van der Waals surface area contributed by atoms with E-state index in [0.717, 1.165) is 41.3 Å². The molecule has 11 nitrogen and oxygen atoms in total. The standard InChI is InChI=1S/C25H28N10O/c1-15-8-22(29-23-9-16(2)31-32-23)30-25(28-15)34-13-19-5-6-20(14-34)35(19)24(36)17-4-7-21(26-10-17)18-11-27-33(3)12-18/h4,7-12,19-20H,5-6,13-14H2,1-3H3,(H2,28,29,30,31,32). The summed E-state index contributed by atoms with van der Waals surface area (Å²) in [6.07, 6.45) is 7.30. The Balaban J connectivity index is 1.18. The van der Waals surface area contributed by atoms with E-state index in [2.05, 4.69) is 30.5 Å². The SMILES string of the molecule is Cc1cc(Nc2cc(C)[nH]n2)nc(N2CC3CCC(C2)N3C(=O)c2ccc(-c3cnn(C)c3)nc2)n1. The van der Waals surface area contributed by atoms with Gasteiger partial charge in [-0.3, -0.25) is 19.6 Å². The number of fused-ring (bicyclic) bond motifs is 2. The van der Waals surface area contributed by atoms with E-state index in [1.165, 1.54) is 0 Å². The van der Waals surface area contributed by atoms with Gasteiger partial charge in [0.2, 0.25) is 5.95 Å². The van der Waals surface area contributed by atoms with Gasteiger partial charge in [-0.2, -0.15) is 15.2 Å². The zero-order valence-corrected chi connectivity index (χ0v) is 20.5. The molecule has 2 bridgehead atoms. The molecule has 2 unspecified atom stereocenters. The van der Waals surface area contributed by atoms with Gasteiger partial charge in [-0.1, -0.05) is 0 Å². The second kappa shape index (κ2) is 8.74. The molecular formula is C25H28N10O. The number of anilines is 3. The average molecular weight is 485 g/mol. The van der Waals surface area contributed by atoms with E-state index in [9.17, 15) is 4.79 Å². The first kappa shape index (κ1) is 22.2. The third-order valence-corrected chi connectivity index (χ3v) is 6.82. The summed E-state index contributed by atoms with van der Waals surface area (Å²) in [6, 6.07) is 7.82. The highest BCUT2D eigenvalue weighted by Gasteiger charge is 2.43. The number of carbonyl (C=O) groups is 1. The van der Waals surface area contributed by atoms with Crippen molar-refractivity contribution in [2.45, 2.75) is 38.8 Å². The molecule has 11 heteroatoms. The first-order chi connectivity index (χ1) is 17.4. The molecule has 6 heterocycles. The molecule has 0 saturated carbocycles. The lowest BCUT2D eigenvalue weighted by Crippen LogP contribution is -2.56. The number of nitrogens with one attached hydrogen (secondary N) is 2. The van der Waals surface area contributed by atoms with Gasteiger partial charge >= 0.3 is 0 Å². The molecule has 2 fully saturated rings. The van der Waals surface area contributed by atoms with Crippen LogP contribution in [0.2, 0.25) is 0 Å². The minimum absolute atomic E-state index is 0.0359. The quantitative estimate of drug-likeness (QED) is 0.444. The van der Waals surface area contributed by atoms with E-state index in [1.807, 2.05) is 56.3 Å². The molecule has 4 aromatic heterocycles. The van der Waals surface area contributed by atoms with Crippen LogP contribution in [-0.2, 0) is 7.05 Å². The van der Waals surface area contributed by atoms with Gasteiger partial charge in [0.25, 0.3) is 5.91 Å². The van der Waals surface area contributed by atoms with Crippen LogP contribution >= 0.6 is 0 Å². The van der Waals surface area contributed by atoms with E-state index < -0.39 is 0 Å². The van der Waals surface area contributed by atoms with E-state index in [1.54, 1.807) is 17.1 Å². The van der Waals surface area contributed by atoms with Crippen molar-refractivity contribution >= 4 is 23.5 Å². The van der Waals surface area contributed by atoms with Crippen molar-refractivity contribution < 1.29 is 4.79 Å². The number of aromatic amines is 1. The summed E-state index contributed by atoms with van der Waals surface area (Å²) < 4.78 is 1.74. The number of nitrogens with zero attached hydrogens (tertiary/aromatic N) is 8. The molecule has 2 aliphatic rings. The van der Waals surface area contributed by atoms with Gasteiger partial charge in [0.05, 0.1) is 29.5 Å². The van der Waals surface area contributed by atoms with Crippen molar-refractivity contribution in [1.29, 1.82) is 0 Å². The van der Waals surface area contributed by atoms with Gasteiger partial charge in [0.1, 0.15) is 5.82 Å². The Morgan fingerprint density at radius 1 is 1.06 bits per heavy atom. The normalized spacial score (nSPS) is 19.1. The number of amides is 1. The number of rotatable bonds is 5. The van der Waals surface area contributed by atoms with Crippen LogP contribution in [0.15, 0.2) is 42.9 Å². The molecular weight excluding hydrogens is 456 g/mol. The molecule has 0 aromatic carbocycles. The largest absolute Gasteiger partial charge is 0.337 e. The number of aryl methyl sites for hydroxylation is 3. The molecule has 2 N–H and O–H groups in total. The number of H-pyrrole nitrogens is 1. The molecule has 36 heavy (non-hydrogen) atoms. The Morgan fingerprint density at radius 3 is 2.50 bits per heavy atom. The van der Waals surface area contributed by atoms with Crippen LogP contribution in [0.3, 0.4) is 0 Å². The van der Waals surface area contributed by atoms with Crippen LogP contribution < -0.4 is 10.2 Å². The van der Waals surface area contributed by atoms with E-state index in [-0.39, 0.29) is 18.0 Å². The van der Waals surface area contributed by atoms with Crippen molar-refractivity contribution in [3.05, 3.63) is 59.8 Å². The highest BCUT2D eigenvalue weighted by atomic mass is 16.2. The van der Waals surface area contributed by atoms with Crippen LogP contribution in [0, 0.1) is 13.8 Å². The van der Waals surface area contributed by atoms with Gasteiger partial charge in [-0.25, -0.2) is 4.98 Å². The van der Waals surface area contributed by atoms with Crippen molar-refractivity contribution in [1.82, 2.24) is 39.8 Å². The third kappa shape index (κ3) is 4.16. The number of aromatic nitrogens is 7. The molecule has 2 atom stereocenters. The predicted molar refractivity (Wildman–Crippen MR) is 135 cm³/mol. The minimum atomic E-state index is 0.0359. The van der Waals surface area contributed by atoms with Crippen molar-refractivity contribution in [3.63, 3.8) is 0 Å². The highest BCUT2D eigenvalue weighted by molar-refractivity contribution is 5.95. The molecule has 0 radical (unpaired) electrons. The second-order valence-electron chi connectivity index (χ2n) is 9.59. The van der Waals surface area contributed by atoms with E-state index in [0.29, 0.717) is 30.4 Å². The van der Waals surface area contributed by atoms with E-state index >= 15 is 0 Å². The molecule has 2 saturated heterocycles. The second-order valence-corrected chi connectivity index (χ2v) is 9.59. The van der Waals surface area contributed by atoms with Gasteiger partial charge in [-0.05, 0) is 38.8 Å². The Hall–Kier alpha value is -4.28. The fourth-order valence-corrected chi connectivity index (χ4v) is 5.16. The molecule has 6 rings (SSSR count). The summed E-state index contributed by atoms with van der Waals surface area (Å²) >= 11 is 0. The summed E-state index contributed by atoms with van der Waals surface area (Å²) in [6.45, 7) is 5.32. The maximum Gasteiger partial charge on any atom is 0.256 e. The smallest absolute Gasteiger partial charge is 0.256 e. The van der Waals surface area contributed by atoms with Gasteiger partial charge < -0.3 is 15.1 Å². The van der Waals surface area contributed by atoms with Crippen LogP contribution in [0.5, 0.6) is 0 Å². The van der Waals surface area contributed by atoms with Crippen LogP contribution in [-0.4, -0.2) is 70.9 Å². The third-order valence-electron chi connectivity index (χ3n) is 6.82. The maximum absolute atomic E-state index is 13.5. The molecule has 4 aromatic rings. The fraction of sp³-hybridized carbons (Fsp3) is 0.360. The highest BCUT2D eigenvalue weighted by Crippen LogP contribution is 2.33. The zero-order chi connectivity index (χ0) is 24.8. The molecule has 184 valence electrons. The van der Waals surface area contributed by atoms with E-state index in [4.69, 9.17) is 9.97 Å². The Labute approximate surface area is 208 Å². The van der Waals surface area contributed by atoms with Crippen molar-refractivity contribution in [3.8, 4) is 11.3 Å². The summed E-state index contributed by atoms with van der Waals surface area (Å²) in [7, 11) is 1.87. The molecule has 0 aliphatic carbocycles. The number of carbonyl (C=O) groups excluding carboxylic acids is 1. The van der Waals surface area contributed by atoms with Crippen LogP contribution in [0.4, 0.5) is 17.6 Å². The number of piperazine rings is 1. The van der Waals surface area contributed by atoms with Gasteiger partial charge in [0, 0.05) is 61.6 Å². The molecule has 2 aliphatic heterocycles. The number of hydrogen-bond donors (Lipinski definition) is 2.